The lowest BCUT2D eigenvalue weighted by molar-refractivity contribution is -0.117. The van der Waals surface area contributed by atoms with Crippen molar-refractivity contribution in [2.75, 3.05) is 19.5 Å². The number of nitrogens with zero attached hydrogens (tertiary/aromatic N) is 4. The van der Waals surface area contributed by atoms with Gasteiger partial charge in [-0.05, 0) is 31.0 Å². The van der Waals surface area contributed by atoms with Crippen molar-refractivity contribution in [1.82, 2.24) is 30.3 Å². The standard InChI is InChI=1S/C23H23N7O3/c1-24-23(32)16-10-25-21(27-22(31)12-4-5-12)20-15(16)9-17(26-20)14-7-6-13(8-19(14)33-3)18-11-30(2)29-28-18/h6-12,26H,4-5H2,1-3H3,(H,24,32)(H,25,27,31). The van der Waals surface area contributed by atoms with Crippen molar-refractivity contribution in [3.05, 3.63) is 42.2 Å². The Hall–Kier alpha value is -4.21. The number of aromatic amines is 1. The van der Waals surface area contributed by atoms with Gasteiger partial charge in [0, 0.05) is 42.7 Å². The van der Waals surface area contributed by atoms with E-state index in [1.54, 1.807) is 18.8 Å². The summed E-state index contributed by atoms with van der Waals surface area (Å²) in [7, 11) is 4.98. The summed E-state index contributed by atoms with van der Waals surface area (Å²) in [5.74, 6) is 0.740. The number of aromatic nitrogens is 5. The fourth-order valence-corrected chi connectivity index (χ4v) is 3.79. The van der Waals surface area contributed by atoms with E-state index < -0.39 is 0 Å². The van der Waals surface area contributed by atoms with E-state index in [1.807, 2.05) is 37.5 Å². The van der Waals surface area contributed by atoms with Crippen molar-refractivity contribution in [3.63, 3.8) is 0 Å². The van der Waals surface area contributed by atoms with Crippen LogP contribution in [0, 0.1) is 5.92 Å². The summed E-state index contributed by atoms with van der Waals surface area (Å²) in [6.45, 7) is 0. The molecule has 0 unspecified atom stereocenters. The summed E-state index contributed by atoms with van der Waals surface area (Å²) in [5, 5.41) is 14.3. The highest BCUT2D eigenvalue weighted by Gasteiger charge is 2.30. The highest BCUT2D eigenvalue weighted by molar-refractivity contribution is 6.11. The number of H-pyrrole nitrogens is 1. The zero-order valence-corrected chi connectivity index (χ0v) is 18.5. The molecule has 1 aromatic carbocycles. The number of methoxy groups -OCH3 is 1. The Morgan fingerprint density at radius 1 is 1.24 bits per heavy atom. The van der Waals surface area contributed by atoms with Gasteiger partial charge >= 0.3 is 0 Å². The third-order valence-electron chi connectivity index (χ3n) is 5.72. The molecule has 33 heavy (non-hydrogen) atoms. The van der Waals surface area contributed by atoms with Crippen molar-refractivity contribution in [2.45, 2.75) is 12.8 Å². The van der Waals surface area contributed by atoms with Gasteiger partial charge in [-0.2, -0.15) is 0 Å². The Bertz CT molecular complexity index is 1380. The number of fused-ring (bicyclic) bond motifs is 1. The monoisotopic (exact) mass is 445 g/mol. The summed E-state index contributed by atoms with van der Waals surface area (Å²) in [6.07, 6.45) is 5.08. The van der Waals surface area contributed by atoms with Crippen molar-refractivity contribution >= 4 is 28.5 Å². The van der Waals surface area contributed by atoms with Crippen LogP contribution in [0.3, 0.4) is 0 Å². The Kier molecular flexibility index (Phi) is 5.04. The third-order valence-corrected chi connectivity index (χ3v) is 5.72. The summed E-state index contributed by atoms with van der Waals surface area (Å²) < 4.78 is 7.30. The number of carbonyl (C=O) groups excluding carboxylic acids is 2. The lowest BCUT2D eigenvalue weighted by Gasteiger charge is -2.09. The molecular formula is C23H23N7O3. The molecule has 1 fully saturated rings. The lowest BCUT2D eigenvalue weighted by Crippen LogP contribution is -2.19. The number of hydrogen-bond donors (Lipinski definition) is 3. The minimum Gasteiger partial charge on any atom is -0.496 e. The van der Waals surface area contributed by atoms with Gasteiger partial charge in [0.15, 0.2) is 5.82 Å². The molecule has 0 spiro atoms. The van der Waals surface area contributed by atoms with Gasteiger partial charge in [0.2, 0.25) is 5.91 Å². The van der Waals surface area contributed by atoms with E-state index in [0.717, 1.165) is 35.4 Å². The van der Waals surface area contributed by atoms with Crippen molar-refractivity contribution in [1.29, 1.82) is 0 Å². The molecule has 0 aliphatic heterocycles. The van der Waals surface area contributed by atoms with Crippen LogP contribution in [0.1, 0.15) is 23.2 Å². The van der Waals surface area contributed by atoms with E-state index >= 15 is 0 Å². The molecule has 3 heterocycles. The second-order valence-corrected chi connectivity index (χ2v) is 8.03. The smallest absolute Gasteiger partial charge is 0.253 e. The highest BCUT2D eigenvalue weighted by Crippen LogP contribution is 2.37. The lowest BCUT2D eigenvalue weighted by atomic mass is 10.1. The first kappa shape index (κ1) is 20.7. The van der Waals surface area contributed by atoms with E-state index in [1.165, 1.54) is 6.20 Å². The van der Waals surface area contributed by atoms with Crippen LogP contribution in [-0.4, -0.2) is 50.9 Å². The fraction of sp³-hybridized carbons (Fsp3) is 0.261. The minimum absolute atomic E-state index is 0.0311. The van der Waals surface area contributed by atoms with Crippen LogP contribution < -0.4 is 15.4 Å². The molecule has 3 N–H and O–H groups in total. The molecule has 0 saturated heterocycles. The van der Waals surface area contributed by atoms with Crippen LogP contribution >= 0.6 is 0 Å². The molecule has 5 rings (SSSR count). The van der Waals surface area contributed by atoms with E-state index in [0.29, 0.717) is 28.0 Å². The van der Waals surface area contributed by atoms with Gasteiger partial charge in [-0.15, -0.1) is 5.10 Å². The van der Waals surface area contributed by atoms with Crippen LogP contribution in [-0.2, 0) is 11.8 Å². The normalized spacial score (nSPS) is 13.2. The zero-order chi connectivity index (χ0) is 23.1. The number of rotatable bonds is 6. The number of hydrogen-bond acceptors (Lipinski definition) is 6. The van der Waals surface area contributed by atoms with Gasteiger partial charge in [0.05, 0.1) is 30.1 Å². The number of carbonyl (C=O) groups is 2. The summed E-state index contributed by atoms with van der Waals surface area (Å²) >= 11 is 0. The van der Waals surface area contributed by atoms with Crippen LogP contribution in [0.15, 0.2) is 36.7 Å². The summed E-state index contributed by atoms with van der Waals surface area (Å²) in [5.41, 5.74) is 4.12. The molecule has 10 nitrogen and oxygen atoms in total. The summed E-state index contributed by atoms with van der Waals surface area (Å²) in [4.78, 5) is 32.5. The first-order valence-electron chi connectivity index (χ1n) is 10.6. The molecule has 1 aliphatic rings. The van der Waals surface area contributed by atoms with Crippen molar-refractivity contribution in [3.8, 4) is 28.3 Å². The molecular weight excluding hydrogens is 422 g/mol. The SMILES string of the molecule is CNC(=O)c1cnc(NC(=O)C2CC2)c2[nH]c(-c3ccc(-c4cn(C)nn4)cc3OC)cc12. The maximum Gasteiger partial charge on any atom is 0.253 e. The molecule has 1 aliphatic carbocycles. The third kappa shape index (κ3) is 3.79. The van der Waals surface area contributed by atoms with Gasteiger partial charge in [-0.1, -0.05) is 11.3 Å². The minimum atomic E-state index is -0.261. The number of ether oxygens (including phenoxy) is 1. The van der Waals surface area contributed by atoms with Crippen LogP contribution in [0.25, 0.3) is 33.4 Å². The molecule has 0 radical (unpaired) electrons. The topological polar surface area (TPSA) is 127 Å². The van der Waals surface area contributed by atoms with Crippen LogP contribution in [0.4, 0.5) is 5.82 Å². The van der Waals surface area contributed by atoms with E-state index in [2.05, 4.69) is 30.9 Å². The highest BCUT2D eigenvalue weighted by atomic mass is 16.5. The number of anilines is 1. The van der Waals surface area contributed by atoms with Crippen molar-refractivity contribution < 1.29 is 14.3 Å². The zero-order valence-electron chi connectivity index (χ0n) is 18.5. The summed E-state index contributed by atoms with van der Waals surface area (Å²) in [6, 6.07) is 7.61. The van der Waals surface area contributed by atoms with Crippen LogP contribution in [0.5, 0.6) is 5.75 Å². The first-order chi connectivity index (χ1) is 16.0. The first-order valence-corrected chi connectivity index (χ1v) is 10.6. The predicted molar refractivity (Wildman–Crippen MR) is 123 cm³/mol. The molecule has 1 saturated carbocycles. The fourth-order valence-electron chi connectivity index (χ4n) is 3.79. The molecule has 4 aromatic rings. The van der Waals surface area contributed by atoms with Gasteiger partial charge < -0.3 is 20.4 Å². The van der Waals surface area contributed by atoms with Gasteiger partial charge in [-0.3, -0.25) is 14.3 Å². The molecule has 168 valence electrons. The molecule has 3 aromatic heterocycles. The Labute approximate surface area is 189 Å². The average molecular weight is 445 g/mol. The maximum atomic E-state index is 12.5. The van der Waals surface area contributed by atoms with Gasteiger partial charge in [0.1, 0.15) is 11.4 Å². The number of amides is 2. The molecule has 10 heteroatoms. The Morgan fingerprint density at radius 3 is 2.73 bits per heavy atom. The number of pyridine rings is 1. The van der Waals surface area contributed by atoms with Crippen LogP contribution in [0.2, 0.25) is 0 Å². The van der Waals surface area contributed by atoms with E-state index in [9.17, 15) is 9.59 Å². The second kappa shape index (κ2) is 8.05. The maximum absolute atomic E-state index is 12.5. The largest absolute Gasteiger partial charge is 0.496 e. The average Bonchev–Trinajstić information content (AvgIpc) is 3.44. The molecule has 0 bridgehead atoms. The number of aryl methyl sites for hydroxylation is 1. The quantitative estimate of drug-likeness (QED) is 0.419. The predicted octanol–water partition coefficient (Wildman–Crippen LogP) is 2.74. The number of benzene rings is 1. The van der Waals surface area contributed by atoms with Gasteiger partial charge in [0.25, 0.3) is 5.91 Å². The Morgan fingerprint density at radius 2 is 2.06 bits per heavy atom. The second-order valence-electron chi connectivity index (χ2n) is 8.03. The molecule has 0 atom stereocenters. The number of nitrogens with one attached hydrogen (secondary N) is 3. The molecule has 2 amide bonds. The Balaban J connectivity index is 1.61. The van der Waals surface area contributed by atoms with E-state index in [-0.39, 0.29) is 17.7 Å². The van der Waals surface area contributed by atoms with Gasteiger partial charge in [-0.25, -0.2) is 4.98 Å². The van der Waals surface area contributed by atoms with E-state index in [4.69, 9.17) is 4.74 Å². The van der Waals surface area contributed by atoms with Crippen molar-refractivity contribution in [2.24, 2.45) is 13.0 Å².